The van der Waals surface area contributed by atoms with Crippen molar-refractivity contribution in [3.05, 3.63) is 72.6 Å². The highest BCUT2D eigenvalue weighted by atomic mass is 16.5. The van der Waals surface area contributed by atoms with Gasteiger partial charge < -0.3 is 20.8 Å². The Morgan fingerprint density at radius 1 is 1.00 bits per heavy atom. The van der Waals surface area contributed by atoms with Crippen LogP contribution in [0.4, 0.5) is 23.0 Å². The minimum atomic E-state index is 0.527. The number of methoxy groups -OCH3 is 1. The van der Waals surface area contributed by atoms with E-state index in [4.69, 9.17) is 10.6 Å². The average molecular weight is 387 g/mol. The second-order valence-corrected chi connectivity index (χ2v) is 6.33. The van der Waals surface area contributed by atoms with Crippen molar-refractivity contribution in [3.63, 3.8) is 0 Å². The first-order valence-electron chi connectivity index (χ1n) is 9.07. The van der Waals surface area contributed by atoms with Crippen LogP contribution in [-0.2, 0) is 6.54 Å². The number of rotatable bonds is 7. The molecule has 0 atom stereocenters. The Labute approximate surface area is 168 Å². The van der Waals surface area contributed by atoms with Gasteiger partial charge in [-0.1, -0.05) is 12.1 Å². The second-order valence-electron chi connectivity index (χ2n) is 6.33. The zero-order valence-corrected chi connectivity index (χ0v) is 15.9. The molecule has 4 rings (SSSR count). The highest BCUT2D eigenvalue weighted by molar-refractivity contribution is 5.79. The average Bonchev–Trinajstić information content (AvgIpc) is 2.78. The molecule has 8 nitrogen and oxygen atoms in total. The first-order chi connectivity index (χ1) is 14.2. The van der Waals surface area contributed by atoms with Crippen LogP contribution in [0, 0.1) is 0 Å². The van der Waals surface area contributed by atoms with E-state index in [1.54, 1.807) is 25.6 Å². The van der Waals surface area contributed by atoms with Crippen molar-refractivity contribution in [1.82, 2.24) is 15.0 Å². The molecule has 1 aromatic carbocycles. The highest BCUT2D eigenvalue weighted by Gasteiger charge is 2.07. The number of aromatic nitrogens is 3. The van der Waals surface area contributed by atoms with Gasteiger partial charge in [-0.3, -0.25) is 10.8 Å². The maximum atomic E-state index is 5.65. The van der Waals surface area contributed by atoms with Crippen molar-refractivity contribution < 1.29 is 4.74 Å². The number of hydrogen-bond donors (Lipinski definition) is 4. The molecule has 0 fully saturated rings. The van der Waals surface area contributed by atoms with E-state index in [-0.39, 0.29) is 0 Å². The van der Waals surface area contributed by atoms with Gasteiger partial charge in [-0.15, -0.1) is 0 Å². The number of fused-ring (bicyclic) bond motifs is 1. The zero-order valence-electron chi connectivity index (χ0n) is 15.9. The van der Waals surface area contributed by atoms with Gasteiger partial charge in [0.05, 0.1) is 18.3 Å². The number of nitrogens with two attached hydrogens (primary N) is 1. The van der Waals surface area contributed by atoms with Crippen LogP contribution in [-0.4, -0.2) is 22.1 Å². The van der Waals surface area contributed by atoms with Gasteiger partial charge in [-0.2, -0.15) is 0 Å². The van der Waals surface area contributed by atoms with E-state index in [1.807, 2.05) is 42.5 Å². The Kier molecular flexibility index (Phi) is 5.35. The van der Waals surface area contributed by atoms with E-state index in [9.17, 15) is 0 Å². The van der Waals surface area contributed by atoms with E-state index in [2.05, 4.69) is 37.1 Å². The van der Waals surface area contributed by atoms with Gasteiger partial charge in [0.25, 0.3) is 0 Å². The van der Waals surface area contributed by atoms with Crippen molar-refractivity contribution in [1.29, 1.82) is 0 Å². The van der Waals surface area contributed by atoms with Gasteiger partial charge in [-0.25, -0.2) is 9.97 Å². The lowest BCUT2D eigenvalue weighted by Crippen LogP contribution is -2.12. The van der Waals surface area contributed by atoms with Crippen molar-refractivity contribution in [2.45, 2.75) is 6.54 Å². The molecule has 3 heterocycles. The Hall–Kier alpha value is -3.91. The van der Waals surface area contributed by atoms with Crippen molar-refractivity contribution >= 4 is 33.9 Å². The van der Waals surface area contributed by atoms with Crippen molar-refractivity contribution in [2.75, 3.05) is 23.2 Å². The topological polar surface area (TPSA) is 110 Å². The normalized spacial score (nSPS) is 10.6. The first kappa shape index (κ1) is 18.5. The SMILES string of the molecule is COc1cc(Nc2ccc(NN)c(NCc3ccc4ncccc4c3)n2)ccn1. The summed E-state index contributed by atoms with van der Waals surface area (Å²) in [7, 11) is 1.58. The molecule has 0 saturated heterocycles. The van der Waals surface area contributed by atoms with Gasteiger partial charge in [-0.05, 0) is 42.0 Å². The summed E-state index contributed by atoms with van der Waals surface area (Å²) in [5.74, 6) is 7.49. The van der Waals surface area contributed by atoms with E-state index in [0.29, 0.717) is 29.7 Å². The number of nitrogens with zero attached hydrogens (tertiary/aromatic N) is 3. The van der Waals surface area contributed by atoms with Gasteiger partial charge >= 0.3 is 0 Å². The molecular formula is C21H21N7O. The summed E-state index contributed by atoms with van der Waals surface area (Å²) in [5, 5.41) is 7.68. The molecule has 0 bridgehead atoms. The first-order valence-corrected chi connectivity index (χ1v) is 9.07. The van der Waals surface area contributed by atoms with Crippen molar-refractivity contribution in [3.8, 4) is 5.88 Å². The molecular weight excluding hydrogens is 366 g/mol. The predicted octanol–water partition coefficient (Wildman–Crippen LogP) is 3.67. The lowest BCUT2D eigenvalue weighted by molar-refractivity contribution is 0.398. The smallest absolute Gasteiger partial charge is 0.214 e. The molecule has 0 radical (unpaired) electrons. The number of ether oxygens (including phenoxy) is 1. The molecule has 8 heteroatoms. The number of pyridine rings is 3. The maximum Gasteiger partial charge on any atom is 0.214 e. The van der Waals surface area contributed by atoms with E-state index >= 15 is 0 Å². The van der Waals surface area contributed by atoms with Gasteiger partial charge in [0.1, 0.15) is 5.82 Å². The number of benzene rings is 1. The van der Waals surface area contributed by atoms with Crippen LogP contribution < -0.4 is 26.6 Å². The lowest BCUT2D eigenvalue weighted by atomic mass is 10.1. The summed E-state index contributed by atoms with van der Waals surface area (Å²) < 4.78 is 5.16. The van der Waals surface area contributed by atoms with Crippen LogP contribution in [0.1, 0.15) is 5.56 Å². The molecule has 0 aliphatic rings. The molecule has 0 aliphatic heterocycles. The van der Waals surface area contributed by atoms with Crippen LogP contribution >= 0.6 is 0 Å². The summed E-state index contributed by atoms with van der Waals surface area (Å²) in [5.41, 5.74) is 6.29. The Balaban J connectivity index is 1.52. The fourth-order valence-corrected chi connectivity index (χ4v) is 2.95. The number of hydrazine groups is 1. The third kappa shape index (κ3) is 4.33. The van der Waals surface area contributed by atoms with E-state index in [0.717, 1.165) is 22.2 Å². The maximum absolute atomic E-state index is 5.65. The third-order valence-corrected chi connectivity index (χ3v) is 4.39. The third-order valence-electron chi connectivity index (χ3n) is 4.39. The standard InChI is InChI=1S/C21H21N7O/c1-29-20-12-16(8-10-24-20)26-19-7-6-18(28-22)21(27-19)25-13-14-4-5-17-15(11-14)3-2-9-23-17/h2-12,28H,13,22H2,1H3,(H2,24,25,26,27). The summed E-state index contributed by atoms with van der Waals surface area (Å²) in [6.45, 7) is 0.596. The van der Waals surface area contributed by atoms with Crippen molar-refractivity contribution in [2.24, 2.45) is 5.84 Å². The monoisotopic (exact) mass is 387 g/mol. The van der Waals surface area contributed by atoms with Gasteiger partial charge in [0.15, 0.2) is 5.82 Å². The zero-order chi connectivity index (χ0) is 20.1. The number of nitrogens with one attached hydrogen (secondary N) is 3. The van der Waals surface area contributed by atoms with Gasteiger partial charge in [0, 0.05) is 36.1 Å². The minimum absolute atomic E-state index is 0.527. The lowest BCUT2D eigenvalue weighted by Gasteiger charge is -2.14. The van der Waals surface area contributed by atoms with Crippen LogP contribution in [0.2, 0.25) is 0 Å². The fraction of sp³-hybridized carbons (Fsp3) is 0.0952. The second kappa shape index (κ2) is 8.41. The summed E-state index contributed by atoms with van der Waals surface area (Å²) in [4.78, 5) is 13.1. The van der Waals surface area contributed by atoms with E-state index < -0.39 is 0 Å². The Bertz CT molecular complexity index is 1130. The number of anilines is 4. The highest BCUT2D eigenvalue weighted by Crippen LogP contribution is 2.25. The van der Waals surface area contributed by atoms with Crippen LogP contribution in [0.25, 0.3) is 10.9 Å². The molecule has 29 heavy (non-hydrogen) atoms. The number of nitrogen functional groups attached to an aromatic ring is 1. The largest absolute Gasteiger partial charge is 0.481 e. The molecule has 3 aromatic heterocycles. The Morgan fingerprint density at radius 3 is 2.79 bits per heavy atom. The summed E-state index contributed by atoms with van der Waals surface area (Å²) >= 11 is 0. The van der Waals surface area contributed by atoms with Crippen LogP contribution in [0.3, 0.4) is 0 Å². The molecule has 4 aromatic rings. The van der Waals surface area contributed by atoms with Gasteiger partial charge in [0.2, 0.25) is 5.88 Å². The predicted molar refractivity (Wildman–Crippen MR) is 115 cm³/mol. The summed E-state index contributed by atoms with van der Waals surface area (Å²) in [6, 6.07) is 17.5. The molecule has 0 amide bonds. The molecule has 5 N–H and O–H groups in total. The minimum Gasteiger partial charge on any atom is -0.481 e. The van der Waals surface area contributed by atoms with Crippen LogP contribution in [0.5, 0.6) is 5.88 Å². The summed E-state index contributed by atoms with van der Waals surface area (Å²) in [6.07, 6.45) is 3.46. The molecule has 0 spiro atoms. The van der Waals surface area contributed by atoms with Crippen LogP contribution in [0.15, 0.2) is 67.0 Å². The fourth-order valence-electron chi connectivity index (χ4n) is 2.95. The van der Waals surface area contributed by atoms with E-state index in [1.165, 1.54) is 0 Å². The molecule has 0 aliphatic carbocycles. The molecule has 0 unspecified atom stereocenters. The molecule has 146 valence electrons. The number of hydrogen-bond acceptors (Lipinski definition) is 8. The quantitative estimate of drug-likeness (QED) is 0.281. The molecule has 0 saturated carbocycles. The Morgan fingerprint density at radius 2 is 1.93 bits per heavy atom.